The number of nitrogens with one attached hydrogen (secondary N) is 3. The summed E-state index contributed by atoms with van der Waals surface area (Å²) in [5.74, 6) is 0.778. The molecule has 35 heavy (non-hydrogen) atoms. The number of aromatic amines is 1. The van der Waals surface area contributed by atoms with E-state index < -0.39 is 0 Å². The second-order valence-electron chi connectivity index (χ2n) is 8.80. The SMILES string of the molecule is CNC(=O)CCCCCC(NC(=O)Cc1ccccc1)c1ncc(-c2ccc3ccccc3c2)[nH]1. The molecule has 0 saturated heterocycles. The highest BCUT2D eigenvalue weighted by Crippen LogP contribution is 2.26. The van der Waals surface area contributed by atoms with Gasteiger partial charge < -0.3 is 15.6 Å². The smallest absolute Gasteiger partial charge is 0.225 e. The van der Waals surface area contributed by atoms with E-state index in [9.17, 15) is 9.59 Å². The van der Waals surface area contributed by atoms with Gasteiger partial charge in [-0.2, -0.15) is 0 Å². The minimum absolute atomic E-state index is 0.0322. The molecule has 0 spiro atoms. The van der Waals surface area contributed by atoms with Crippen molar-refractivity contribution in [3.8, 4) is 11.3 Å². The quantitative estimate of drug-likeness (QED) is 0.260. The zero-order valence-electron chi connectivity index (χ0n) is 20.1. The van der Waals surface area contributed by atoms with Crippen molar-refractivity contribution >= 4 is 22.6 Å². The fourth-order valence-electron chi connectivity index (χ4n) is 4.26. The van der Waals surface area contributed by atoms with Gasteiger partial charge in [0.25, 0.3) is 0 Å². The number of fused-ring (bicyclic) bond motifs is 1. The maximum Gasteiger partial charge on any atom is 0.225 e. The van der Waals surface area contributed by atoms with Crippen LogP contribution in [-0.4, -0.2) is 28.8 Å². The maximum absolute atomic E-state index is 12.8. The lowest BCUT2D eigenvalue weighted by atomic mass is 10.0. The largest absolute Gasteiger partial charge is 0.359 e. The summed E-state index contributed by atoms with van der Waals surface area (Å²) in [6.45, 7) is 0. The summed E-state index contributed by atoms with van der Waals surface area (Å²) >= 11 is 0. The number of unbranched alkanes of at least 4 members (excludes halogenated alkanes) is 2. The van der Waals surface area contributed by atoms with Crippen LogP contribution in [0.25, 0.3) is 22.0 Å². The molecule has 6 nitrogen and oxygen atoms in total. The number of benzene rings is 3. The van der Waals surface area contributed by atoms with Crippen LogP contribution in [-0.2, 0) is 16.0 Å². The predicted molar refractivity (Wildman–Crippen MR) is 140 cm³/mol. The lowest BCUT2D eigenvalue weighted by molar-refractivity contribution is -0.121. The standard InChI is InChI=1S/C29H32N4O2/c1-30-27(34)15-7-3-6-14-25(32-28(35)18-21-10-4-2-5-11-21)29-31-20-26(33-29)24-17-16-22-12-8-9-13-23(22)19-24/h2,4-5,8-13,16-17,19-20,25H,3,6-7,14-15,18H2,1H3,(H,30,34)(H,31,33)(H,32,35). The van der Waals surface area contributed by atoms with E-state index >= 15 is 0 Å². The Bertz CT molecular complexity index is 1270. The Labute approximate surface area is 206 Å². The number of carbonyl (C=O) groups excluding carboxylic acids is 2. The Morgan fingerprint density at radius 2 is 1.66 bits per heavy atom. The molecule has 0 aliphatic rings. The Hall–Kier alpha value is -3.93. The molecule has 1 atom stereocenters. The number of H-pyrrole nitrogens is 1. The zero-order valence-corrected chi connectivity index (χ0v) is 20.1. The molecule has 0 saturated carbocycles. The van der Waals surface area contributed by atoms with Gasteiger partial charge >= 0.3 is 0 Å². The van der Waals surface area contributed by atoms with Gasteiger partial charge in [-0.05, 0) is 35.2 Å². The van der Waals surface area contributed by atoms with Gasteiger partial charge in [-0.15, -0.1) is 0 Å². The van der Waals surface area contributed by atoms with Crippen molar-refractivity contribution in [2.75, 3.05) is 7.05 Å². The number of aromatic nitrogens is 2. The lowest BCUT2D eigenvalue weighted by Gasteiger charge is -2.17. The summed E-state index contributed by atoms with van der Waals surface area (Å²) in [6.07, 6.45) is 6.06. The van der Waals surface area contributed by atoms with Crippen LogP contribution in [0.4, 0.5) is 0 Å². The molecule has 0 radical (unpaired) electrons. The van der Waals surface area contributed by atoms with Crippen LogP contribution in [0.15, 0.2) is 79.0 Å². The number of rotatable bonds is 11. The van der Waals surface area contributed by atoms with Gasteiger partial charge in [0.2, 0.25) is 11.8 Å². The van der Waals surface area contributed by atoms with Gasteiger partial charge in [0.15, 0.2) is 0 Å². The van der Waals surface area contributed by atoms with Crippen LogP contribution in [0, 0.1) is 0 Å². The van der Waals surface area contributed by atoms with Crippen LogP contribution in [0.3, 0.4) is 0 Å². The molecule has 0 fully saturated rings. The molecular formula is C29H32N4O2. The fourth-order valence-corrected chi connectivity index (χ4v) is 4.26. The molecule has 0 aliphatic carbocycles. The molecule has 1 unspecified atom stereocenters. The topological polar surface area (TPSA) is 86.9 Å². The van der Waals surface area contributed by atoms with Gasteiger partial charge in [0, 0.05) is 19.0 Å². The molecule has 6 heteroatoms. The molecule has 3 N–H and O–H groups in total. The van der Waals surface area contributed by atoms with Crippen LogP contribution in [0.1, 0.15) is 49.5 Å². The first-order valence-electron chi connectivity index (χ1n) is 12.2. The molecule has 4 aromatic rings. The van der Waals surface area contributed by atoms with E-state index in [2.05, 4.69) is 50.9 Å². The Morgan fingerprint density at radius 3 is 2.46 bits per heavy atom. The highest BCUT2D eigenvalue weighted by Gasteiger charge is 2.18. The maximum atomic E-state index is 12.8. The molecular weight excluding hydrogens is 436 g/mol. The molecule has 4 rings (SSSR count). The highest BCUT2D eigenvalue weighted by atomic mass is 16.2. The monoisotopic (exact) mass is 468 g/mol. The molecule has 0 bridgehead atoms. The van der Waals surface area contributed by atoms with Gasteiger partial charge in [-0.1, -0.05) is 79.6 Å². The van der Waals surface area contributed by atoms with Crippen molar-refractivity contribution < 1.29 is 9.59 Å². The van der Waals surface area contributed by atoms with E-state index in [1.165, 1.54) is 10.8 Å². The molecule has 1 aromatic heterocycles. The van der Waals surface area contributed by atoms with Crippen molar-refractivity contribution in [2.24, 2.45) is 0 Å². The van der Waals surface area contributed by atoms with E-state index in [0.29, 0.717) is 12.8 Å². The number of nitrogens with zero attached hydrogens (tertiary/aromatic N) is 1. The van der Waals surface area contributed by atoms with Gasteiger partial charge in [0.1, 0.15) is 5.82 Å². The van der Waals surface area contributed by atoms with Crippen molar-refractivity contribution in [3.63, 3.8) is 0 Å². The van der Waals surface area contributed by atoms with E-state index in [-0.39, 0.29) is 17.9 Å². The fraction of sp³-hybridized carbons (Fsp3) is 0.276. The number of amides is 2. The molecule has 180 valence electrons. The van der Waals surface area contributed by atoms with E-state index in [4.69, 9.17) is 0 Å². The number of carbonyl (C=O) groups is 2. The normalized spacial score (nSPS) is 11.8. The first-order chi connectivity index (χ1) is 17.1. The molecule has 2 amide bonds. The van der Waals surface area contributed by atoms with Crippen LogP contribution >= 0.6 is 0 Å². The summed E-state index contributed by atoms with van der Waals surface area (Å²) in [6, 6.07) is 24.1. The lowest BCUT2D eigenvalue weighted by Crippen LogP contribution is -2.30. The summed E-state index contributed by atoms with van der Waals surface area (Å²) in [4.78, 5) is 32.4. The third kappa shape index (κ3) is 6.79. The number of hydrogen-bond acceptors (Lipinski definition) is 3. The summed E-state index contributed by atoms with van der Waals surface area (Å²) < 4.78 is 0. The van der Waals surface area contributed by atoms with Crippen molar-refractivity contribution in [1.29, 1.82) is 0 Å². The third-order valence-corrected chi connectivity index (χ3v) is 6.20. The van der Waals surface area contributed by atoms with Crippen molar-refractivity contribution in [1.82, 2.24) is 20.6 Å². The third-order valence-electron chi connectivity index (χ3n) is 6.20. The Balaban J connectivity index is 1.46. The molecule has 0 aliphatic heterocycles. The Morgan fingerprint density at radius 1 is 0.886 bits per heavy atom. The average molecular weight is 469 g/mol. The van der Waals surface area contributed by atoms with Gasteiger partial charge in [-0.25, -0.2) is 4.98 Å². The van der Waals surface area contributed by atoms with Gasteiger partial charge in [-0.3, -0.25) is 9.59 Å². The predicted octanol–water partition coefficient (Wildman–Crippen LogP) is 5.33. The Kier molecular flexibility index (Phi) is 8.28. The summed E-state index contributed by atoms with van der Waals surface area (Å²) in [5, 5.41) is 8.20. The van der Waals surface area contributed by atoms with Crippen LogP contribution < -0.4 is 10.6 Å². The minimum Gasteiger partial charge on any atom is -0.359 e. The summed E-state index contributed by atoms with van der Waals surface area (Å²) in [7, 11) is 1.66. The van der Waals surface area contributed by atoms with Crippen LogP contribution in [0.2, 0.25) is 0 Å². The van der Waals surface area contributed by atoms with Crippen molar-refractivity contribution in [2.45, 2.75) is 44.6 Å². The van der Waals surface area contributed by atoms with E-state index in [1.54, 1.807) is 7.05 Å². The van der Waals surface area contributed by atoms with Crippen molar-refractivity contribution in [3.05, 3.63) is 90.4 Å². The second-order valence-corrected chi connectivity index (χ2v) is 8.80. The number of imidazole rings is 1. The second kappa shape index (κ2) is 12.0. The summed E-state index contributed by atoms with van der Waals surface area (Å²) in [5.41, 5.74) is 2.96. The van der Waals surface area contributed by atoms with E-state index in [1.807, 2.05) is 48.7 Å². The molecule has 1 heterocycles. The average Bonchev–Trinajstić information content (AvgIpc) is 3.38. The van der Waals surface area contributed by atoms with E-state index in [0.717, 1.165) is 48.3 Å². The van der Waals surface area contributed by atoms with Gasteiger partial charge in [0.05, 0.1) is 24.4 Å². The number of hydrogen-bond donors (Lipinski definition) is 3. The molecule has 3 aromatic carbocycles. The van der Waals surface area contributed by atoms with Crippen LogP contribution in [0.5, 0.6) is 0 Å². The first-order valence-corrected chi connectivity index (χ1v) is 12.2. The minimum atomic E-state index is -0.222. The zero-order chi connectivity index (χ0) is 24.5. The highest BCUT2D eigenvalue weighted by molar-refractivity contribution is 5.86. The first kappa shape index (κ1) is 24.2.